The van der Waals surface area contributed by atoms with Crippen LogP contribution in [-0.4, -0.2) is 42.2 Å². The van der Waals surface area contributed by atoms with Crippen LogP contribution >= 0.6 is 0 Å². The predicted octanol–water partition coefficient (Wildman–Crippen LogP) is 2.61. The SMILES string of the molecule is COCc1ccc(OC)c(CN2CCc3nc(C4CCCN4)ncc3C2)c1. The minimum Gasteiger partial charge on any atom is -0.496 e. The standard InChI is InChI=1S/C21H28N4O2/c1-26-14-15-5-6-20(27-2)16(10-15)12-25-9-7-18-17(13-25)11-23-21(24-18)19-4-3-8-22-19/h5-6,10-11,19,22H,3-4,7-9,12-14H2,1-2H3. The zero-order chi connectivity index (χ0) is 18.6. The van der Waals surface area contributed by atoms with Gasteiger partial charge in [0.15, 0.2) is 0 Å². The Hall–Kier alpha value is -2.02. The summed E-state index contributed by atoms with van der Waals surface area (Å²) in [4.78, 5) is 12.0. The lowest BCUT2D eigenvalue weighted by Gasteiger charge is -2.29. The highest BCUT2D eigenvalue weighted by molar-refractivity contribution is 5.37. The highest BCUT2D eigenvalue weighted by Crippen LogP contribution is 2.26. The first-order valence-corrected chi connectivity index (χ1v) is 9.72. The zero-order valence-corrected chi connectivity index (χ0v) is 16.2. The van der Waals surface area contributed by atoms with E-state index in [0.717, 1.165) is 50.6 Å². The van der Waals surface area contributed by atoms with Crippen LogP contribution in [0.4, 0.5) is 0 Å². The molecule has 1 N–H and O–H groups in total. The highest BCUT2D eigenvalue weighted by Gasteiger charge is 2.23. The molecule has 144 valence electrons. The number of aromatic nitrogens is 2. The molecule has 1 atom stereocenters. The molecule has 6 nitrogen and oxygen atoms in total. The molecule has 0 spiro atoms. The monoisotopic (exact) mass is 368 g/mol. The molecule has 0 radical (unpaired) electrons. The van der Waals surface area contributed by atoms with Gasteiger partial charge >= 0.3 is 0 Å². The minimum absolute atomic E-state index is 0.334. The van der Waals surface area contributed by atoms with Crippen LogP contribution in [0.15, 0.2) is 24.4 Å². The second-order valence-corrected chi connectivity index (χ2v) is 7.39. The van der Waals surface area contributed by atoms with Gasteiger partial charge in [-0.05, 0) is 37.1 Å². The Morgan fingerprint density at radius 1 is 1.30 bits per heavy atom. The molecular weight excluding hydrogens is 340 g/mol. The number of fused-ring (bicyclic) bond motifs is 1. The third kappa shape index (κ3) is 4.13. The Kier molecular flexibility index (Phi) is 5.66. The lowest BCUT2D eigenvalue weighted by molar-refractivity contribution is 0.184. The van der Waals surface area contributed by atoms with Crippen molar-refractivity contribution in [3.8, 4) is 5.75 Å². The summed E-state index contributed by atoms with van der Waals surface area (Å²) in [6.45, 7) is 4.42. The molecule has 0 saturated carbocycles. The van der Waals surface area contributed by atoms with Crippen molar-refractivity contribution in [2.45, 2.75) is 45.0 Å². The number of hydrogen-bond acceptors (Lipinski definition) is 6. The maximum absolute atomic E-state index is 5.56. The third-order valence-electron chi connectivity index (χ3n) is 5.45. The molecule has 1 fully saturated rings. The van der Waals surface area contributed by atoms with Crippen LogP contribution < -0.4 is 10.1 Å². The lowest BCUT2D eigenvalue weighted by Crippen LogP contribution is -2.31. The molecule has 1 aromatic heterocycles. The Morgan fingerprint density at radius 2 is 2.22 bits per heavy atom. The van der Waals surface area contributed by atoms with Gasteiger partial charge in [-0.3, -0.25) is 4.90 Å². The van der Waals surface area contributed by atoms with E-state index in [0.29, 0.717) is 12.6 Å². The van der Waals surface area contributed by atoms with E-state index in [-0.39, 0.29) is 0 Å². The van der Waals surface area contributed by atoms with Crippen LogP contribution in [0.1, 0.15) is 47.1 Å². The molecule has 1 saturated heterocycles. The Morgan fingerprint density at radius 3 is 3.00 bits per heavy atom. The van der Waals surface area contributed by atoms with Crippen molar-refractivity contribution in [1.29, 1.82) is 0 Å². The summed E-state index contributed by atoms with van der Waals surface area (Å²) in [5.41, 5.74) is 4.83. The summed E-state index contributed by atoms with van der Waals surface area (Å²) in [6.07, 6.45) is 5.35. The first kappa shape index (κ1) is 18.3. The number of nitrogens with one attached hydrogen (secondary N) is 1. The van der Waals surface area contributed by atoms with Crippen LogP contribution in [0.25, 0.3) is 0 Å². The van der Waals surface area contributed by atoms with Crippen molar-refractivity contribution in [2.24, 2.45) is 0 Å². The smallest absolute Gasteiger partial charge is 0.145 e. The first-order chi connectivity index (χ1) is 13.3. The number of nitrogens with zero attached hydrogens (tertiary/aromatic N) is 3. The molecule has 0 amide bonds. The van der Waals surface area contributed by atoms with E-state index >= 15 is 0 Å². The van der Waals surface area contributed by atoms with Crippen molar-refractivity contribution in [3.05, 3.63) is 52.6 Å². The molecule has 2 aliphatic heterocycles. The molecule has 3 heterocycles. The van der Waals surface area contributed by atoms with Crippen LogP contribution in [0.5, 0.6) is 5.75 Å². The van der Waals surface area contributed by atoms with Crippen molar-refractivity contribution >= 4 is 0 Å². The summed E-state index contributed by atoms with van der Waals surface area (Å²) < 4.78 is 10.8. The largest absolute Gasteiger partial charge is 0.496 e. The fourth-order valence-corrected chi connectivity index (χ4v) is 4.05. The molecule has 2 aromatic rings. The van der Waals surface area contributed by atoms with Gasteiger partial charge in [0.2, 0.25) is 0 Å². The number of benzene rings is 1. The fourth-order valence-electron chi connectivity index (χ4n) is 4.05. The number of hydrogen-bond donors (Lipinski definition) is 1. The molecule has 0 aliphatic carbocycles. The average Bonchev–Trinajstić information content (AvgIpc) is 3.23. The van der Waals surface area contributed by atoms with Crippen molar-refractivity contribution in [1.82, 2.24) is 20.2 Å². The molecular formula is C21H28N4O2. The van der Waals surface area contributed by atoms with E-state index < -0.39 is 0 Å². The third-order valence-corrected chi connectivity index (χ3v) is 5.45. The maximum Gasteiger partial charge on any atom is 0.145 e. The molecule has 4 rings (SSSR count). The Bertz CT molecular complexity index is 790. The topological polar surface area (TPSA) is 59.5 Å². The maximum atomic E-state index is 5.56. The van der Waals surface area contributed by atoms with Crippen LogP contribution in [-0.2, 0) is 30.9 Å². The first-order valence-electron chi connectivity index (χ1n) is 9.72. The average molecular weight is 368 g/mol. The zero-order valence-electron chi connectivity index (χ0n) is 16.2. The predicted molar refractivity (Wildman–Crippen MR) is 104 cm³/mol. The molecule has 1 unspecified atom stereocenters. The molecule has 2 aliphatic rings. The molecule has 1 aromatic carbocycles. The second-order valence-electron chi connectivity index (χ2n) is 7.39. The Labute approximate surface area is 160 Å². The van der Waals surface area contributed by atoms with Crippen molar-refractivity contribution in [3.63, 3.8) is 0 Å². The highest BCUT2D eigenvalue weighted by atomic mass is 16.5. The van der Waals surface area contributed by atoms with E-state index in [1.807, 2.05) is 12.3 Å². The van der Waals surface area contributed by atoms with E-state index in [1.165, 1.54) is 28.8 Å². The van der Waals surface area contributed by atoms with Gasteiger partial charge in [-0.2, -0.15) is 0 Å². The normalized spacial score (nSPS) is 19.9. The van der Waals surface area contributed by atoms with Gasteiger partial charge in [0.25, 0.3) is 0 Å². The van der Waals surface area contributed by atoms with E-state index in [1.54, 1.807) is 14.2 Å². The van der Waals surface area contributed by atoms with Gasteiger partial charge in [-0.15, -0.1) is 0 Å². The van der Waals surface area contributed by atoms with Gasteiger partial charge in [0.1, 0.15) is 11.6 Å². The summed E-state index contributed by atoms with van der Waals surface area (Å²) in [6, 6.07) is 6.61. The number of ether oxygens (including phenoxy) is 2. The molecule has 27 heavy (non-hydrogen) atoms. The fraction of sp³-hybridized carbons (Fsp3) is 0.524. The van der Waals surface area contributed by atoms with E-state index in [9.17, 15) is 0 Å². The quantitative estimate of drug-likeness (QED) is 0.846. The van der Waals surface area contributed by atoms with E-state index in [2.05, 4.69) is 27.3 Å². The van der Waals surface area contributed by atoms with Gasteiger partial charge in [0.05, 0.1) is 19.8 Å². The minimum atomic E-state index is 0.334. The van der Waals surface area contributed by atoms with Crippen molar-refractivity contribution < 1.29 is 9.47 Å². The van der Waals surface area contributed by atoms with Gasteiger partial charge in [-0.25, -0.2) is 9.97 Å². The number of rotatable bonds is 6. The van der Waals surface area contributed by atoms with Crippen LogP contribution in [0.2, 0.25) is 0 Å². The van der Waals surface area contributed by atoms with Crippen LogP contribution in [0.3, 0.4) is 0 Å². The second kappa shape index (κ2) is 8.33. The molecule has 6 heteroatoms. The van der Waals surface area contributed by atoms with Gasteiger partial charge in [-0.1, -0.05) is 6.07 Å². The molecule has 0 bridgehead atoms. The van der Waals surface area contributed by atoms with Crippen LogP contribution in [0, 0.1) is 0 Å². The van der Waals surface area contributed by atoms with Gasteiger partial charge in [0, 0.05) is 56.2 Å². The summed E-state index contributed by atoms with van der Waals surface area (Å²) in [5.74, 6) is 1.90. The summed E-state index contributed by atoms with van der Waals surface area (Å²) in [5, 5.41) is 3.49. The number of methoxy groups -OCH3 is 2. The van der Waals surface area contributed by atoms with Crippen molar-refractivity contribution in [2.75, 3.05) is 27.3 Å². The lowest BCUT2D eigenvalue weighted by atomic mass is 10.0. The van der Waals surface area contributed by atoms with E-state index in [4.69, 9.17) is 14.5 Å². The summed E-state index contributed by atoms with van der Waals surface area (Å²) >= 11 is 0. The Balaban J connectivity index is 1.47. The van der Waals surface area contributed by atoms with Gasteiger partial charge < -0.3 is 14.8 Å². The summed E-state index contributed by atoms with van der Waals surface area (Å²) in [7, 11) is 3.45.